The molecule has 0 bridgehead atoms. The molecule has 148 valence electrons. The Morgan fingerprint density at radius 2 is 1.64 bits per heavy atom. The smallest absolute Gasteiger partial charge is 0.338 e. The standard InChI is InChI=1S/C20H22N2O5S/c1-2-27-20(24)15-3-9-19(10-4-15)28(25,26)21-16-5-7-17(8-6-16)22-13-11-18(23)12-14-22/h3-10,21H,2,11-14H2,1H3. The summed E-state index contributed by atoms with van der Waals surface area (Å²) in [6.07, 6.45) is 1.08. The van der Waals surface area contributed by atoms with Gasteiger partial charge in [-0.1, -0.05) is 0 Å². The second-order valence-electron chi connectivity index (χ2n) is 6.42. The van der Waals surface area contributed by atoms with Crippen LogP contribution in [0.15, 0.2) is 53.4 Å². The van der Waals surface area contributed by atoms with Gasteiger partial charge in [0.05, 0.1) is 17.1 Å². The molecule has 0 atom stereocenters. The molecule has 0 spiro atoms. The SMILES string of the molecule is CCOC(=O)c1ccc(S(=O)(=O)Nc2ccc(N3CCC(=O)CC3)cc2)cc1. The minimum atomic E-state index is -3.77. The van der Waals surface area contributed by atoms with E-state index in [1.807, 2.05) is 12.1 Å². The maximum Gasteiger partial charge on any atom is 0.338 e. The molecule has 0 amide bonds. The third kappa shape index (κ3) is 4.69. The van der Waals surface area contributed by atoms with Crippen molar-refractivity contribution in [1.29, 1.82) is 0 Å². The number of benzene rings is 2. The summed E-state index contributed by atoms with van der Waals surface area (Å²) in [4.78, 5) is 25.2. The Balaban J connectivity index is 1.68. The Hall–Kier alpha value is -2.87. The normalized spacial score (nSPS) is 14.6. The predicted molar refractivity (Wildman–Crippen MR) is 106 cm³/mol. The number of piperidine rings is 1. The van der Waals surface area contributed by atoms with E-state index in [4.69, 9.17) is 4.74 Å². The molecule has 0 unspecified atom stereocenters. The van der Waals surface area contributed by atoms with E-state index in [1.165, 1.54) is 24.3 Å². The zero-order chi connectivity index (χ0) is 20.1. The van der Waals surface area contributed by atoms with Gasteiger partial charge in [0.25, 0.3) is 10.0 Å². The highest BCUT2D eigenvalue weighted by Crippen LogP contribution is 2.23. The van der Waals surface area contributed by atoms with Crippen molar-refractivity contribution in [2.45, 2.75) is 24.7 Å². The molecule has 1 saturated heterocycles. The van der Waals surface area contributed by atoms with E-state index in [0.717, 1.165) is 5.69 Å². The number of sulfonamides is 1. The quantitative estimate of drug-likeness (QED) is 0.747. The van der Waals surface area contributed by atoms with E-state index in [9.17, 15) is 18.0 Å². The van der Waals surface area contributed by atoms with Crippen LogP contribution in [0.25, 0.3) is 0 Å². The lowest BCUT2D eigenvalue weighted by Crippen LogP contribution is -2.33. The zero-order valence-corrected chi connectivity index (χ0v) is 16.4. The lowest BCUT2D eigenvalue weighted by atomic mass is 10.1. The Morgan fingerprint density at radius 3 is 2.21 bits per heavy atom. The summed E-state index contributed by atoms with van der Waals surface area (Å²) in [6.45, 7) is 3.31. The zero-order valence-electron chi connectivity index (χ0n) is 15.6. The maximum atomic E-state index is 12.6. The van der Waals surface area contributed by atoms with Gasteiger partial charge >= 0.3 is 5.97 Å². The van der Waals surface area contributed by atoms with Crippen LogP contribution in [0, 0.1) is 0 Å². The molecule has 1 N–H and O–H groups in total. The minimum Gasteiger partial charge on any atom is -0.462 e. The topological polar surface area (TPSA) is 92.8 Å². The Morgan fingerprint density at radius 1 is 1.04 bits per heavy atom. The summed E-state index contributed by atoms with van der Waals surface area (Å²) in [7, 11) is -3.77. The van der Waals surface area contributed by atoms with Crippen molar-refractivity contribution in [3.63, 3.8) is 0 Å². The molecule has 1 aliphatic rings. The second kappa shape index (κ2) is 8.43. The van der Waals surface area contributed by atoms with Crippen molar-refractivity contribution in [3.8, 4) is 0 Å². The third-order valence-electron chi connectivity index (χ3n) is 4.48. The molecule has 1 heterocycles. The van der Waals surface area contributed by atoms with E-state index < -0.39 is 16.0 Å². The molecule has 0 saturated carbocycles. The Kier molecular flexibility index (Phi) is 5.99. The van der Waals surface area contributed by atoms with Gasteiger partial charge in [0.15, 0.2) is 0 Å². The molecule has 2 aromatic rings. The van der Waals surface area contributed by atoms with Crippen molar-refractivity contribution in [1.82, 2.24) is 0 Å². The average Bonchev–Trinajstić information content (AvgIpc) is 2.69. The number of nitrogens with one attached hydrogen (secondary N) is 1. The van der Waals surface area contributed by atoms with Crippen LogP contribution in [-0.4, -0.2) is 39.9 Å². The van der Waals surface area contributed by atoms with Crippen LogP contribution >= 0.6 is 0 Å². The van der Waals surface area contributed by atoms with Gasteiger partial charge < -0.3 is 9.64 Å². The first kappa shape index (κ1) is 19.9. The summed E-state index contributed by atoms with van der Waals surface area (Å²) in [5.74, 6) is -0.219. The van der Waals surface area contributed by atoms with Crippen LogP contribution in [0.2, 0.25) is 0 Å². The van der Waals surface area contributed by atoms with Crippen LogP contribution in [-0.2, 0) is 19.6 Å². The van der Waals surface area contributed by atoms with Crippen molar-refractivity contribution < 1.29 is 22.7 Å². The van der Waals surface area contributed by atoms with E-state index in [1.54, 1.807) is 19.1 Å². The summed E-state index contributed by atoms with van der Waals surface area (Å²) in [5, 5.41) is 0. The number of anilines is 2. The maximum absolute atomic E-state index is 12.6. The fourth-order valence-corrected chi connectivity index (χ4v) is 4.01. The first-order valence-electron chi connectivity index (χ1n) is 9.06. The summed E-state index contributed by atoms with van der Waals surface area (Å²) < 4.78 is 32.5. The molecule has 3 rings (SSSR count). The van der Waals surface area contributed by atoms with Gasteiger partial charge in [-0.05, 0) is 55.5 Å². The molecule has 8 heteroatoms. The Bertz CT molecular complexity index is 943. The van der Waals surface area contributed by atoms with Crippen LogP contribution in [0.4, 0.5) is 11.4 Å². The Labute approximate surface area is 164 Å². The number of Topliss-reactive ketones (excluding diaryl/α,β-unsaturated/α-hetero) is 1. The molecule has 0 radical (unpaired) electrons. The van der Waals surface area contributed by atoms with E-state index in [2.05, 4.69) is 9.62 Å². The highest BCUT2D eigenvalue weighted by Gasteiger charge is 2.18. The summed E-state index contributed by atoms with van der Waals surface area (Å²) in [5.41, 5.74) is 1.69. The van der Waals surface area contributed by atoms with E-state index >= 15 is 0 Å². The highest BCUT2D eigenvalue weighted by atomic mass is 32.2. The molecular formula is C20H22N2O5S. The van der Waals surface area contributed by atoms with Crippen LogP contribution in [0.1, 0.15) is 30.1 Å². The molecule has 28 heavy (non-hydrogen) atoms. The molecule has 0 aliphatic carbocycles. The number of hydrogen-bond donors (Lipinski definition) is 1. The fraction of sp³-hybridized carbons (Fsp3) is 0.300. The minimum absolute atomic E-state index is 0.0548. The molecule has 1 fully saturated rings. The second-order valence-corrected chi connectivity index (χ2v) is 8.11. The number of carbonyl (C=O) groups excluding carboxylic acids is 2. The lowest BCUT2D eigenvalue weighted by Gasteiger charge is -2.28. The average molecular weight is 402 g/mol. The van der Waals surface area contributed by atoms with E-state index in [0.29, 0.717) is 37.2 Å². The first-order chi connectivity index (χ1) is 13.4. The van der Waals surface area contributed by atoms with Crippen molar-refractivity contribution in [3.05, 3.63) is 54.1 Å². The predicted octanol–water partition coefficient (Wildman–Crippen LogP) is 2.83. The summed E-state index contributed by atoms with van der Waals surface area (Å²) >= 11 is 0. The van der Waals surface area contributed by atoms with Crippen LogP contribution < -0.4 is 9.62 Å². The molecule has 7 nitrogen and oxygen atoms in total. The molecule has 1 aliphatic heterocycles. The van der Waals surface area contributed by atoms with Gasteiger partial charge in [0, 0.05) is 37.3 Å². The largest absolute Gasteiger partial charge is 0.462 e. The van der Waals surface area contributed by atoms with Gasteiger partial charge in [-0.25, -0.2) is 13.2 Å². The molecule has 2 aromatic carbocycles. The van der Waals surface area contributed by atoms with Crippen molar-refractivity contribution in [2.24, 2.45) is 0 Å². The van der Waals surface area contributed by atoms with Gasteiger partial charge in [-0.2, -0.15) is 0 Å². The number of carbonyl (C=O) groups is 2. The van der Waals surface area contributed by atoms with Crippen LogP contribution in [0.5, 0.6) is 0 Å². The van der Waals surface area contributed by atoms with Gasteiger partial charge in [-0.15, -0.1) is 0 Å². The first-order valence-corrected chi connectivity index (χ1v) is 10.5. The van der Waals surface area contributed by atoms with Crippen LogP contribution in [0.3, 0.4) is 0 Å². The van der Waals surface area contributed by atoms with E-state index in [-0.39, 0.29) is 17.3 Å². The molecular weight excluding hydrogens is 380 g/mol. The van der Waals surface area contributed by atoms with Crippen molar-refractivity contribution >= 4 is 33.2 Å². The number of nitrogens with zero attached hydrogens (tertiary/aromatic N) is 1. The fourth-order valence-electron chi connectivity index (χ4n) is 2.95. The molecule has 0 aromatic heterocycles. The number of hydrogen-bond acceptors (Lipinski definition) is 6. The number of ether oxygens (including phenoxy) is 1. The van der Waals surface area contributed by atoms with Gasteiger partial charge in [0.2, 0.25) is 0 Å². The van der Waals surface area contributed by atoms with Gasteiger partial charge in [-0.3, -0.25) is 9.52 Å². The number of rotatable bonds is 6. The lowest BCUT2D eigenvalue weighted by molar-refractivity contribution is -0.119. The highest BCUT2D eigenvalue weighted by molar-refractivity contribution is 7.92. The van der Waals surface area contributed by atoms with Crippen molar-refractivity contribution in [2.75, 3.05) is 29.3 Å². The number of ketones is 1. The number of esters is 1. The van der Waals surface area contributed by atoms with Gasteiger partial charge in [0.1, 0.15) is 5.78 Å². The third-order valence-corrected chi connectivity index (χ3v) is 5.88. The summed E-state index contributed by atoms with van der Waals surface area (Å²) in [6, 6.07) is 12.6. The monoisotopic (exact) mass is 402 g/mol.